The van der Waals surface area contributed by atoms with Gasteiger partial charge in [-0.15, -0.1) is 0 Å². The van der Waals surface area contributed by atoms with Crippen LogP contribution in [0.25, 0.3) is 10.9 Å². The first-order valence-electron chi connectivity index (χ1n) is 11.3. The van der Waals surface area contributed by atoms with Crippen LogP contribution >= 0.6 is 0 Å². The number of amides is 2. The Balaban J connectivity index is 2.03. The quantitative estimate of drug-likeness (QED) is 0.122. The number of carboxylic acid groups (broad SMARTS) is 1. The summed E-state index contributed by atoms with van der Waals surface area (Å²) in [5.74, 6) is -2.55. The van der Waals surface area contributed by atoms with Crippen molar-refractivity contribution >= 4 is 34.6 Å². The second-order valence-electron chi connectivity index (χ2n) is 8.39. The number of hydrogen-bond donors (Lipinski definition) is 7. The first-order chi connectivity index (χ1) is 16.1. The van der Waals surface area contributed by atoms with E-state index in [4.69, 9.17) is 17.2 Å². The number of carbonyl (C=O) groups is 3. The van der Waals surface area contributed by atoms with Crippen molar-refractivity contribution in [1.29, 1.82) is 0 Å². The summed E-state index contributed by atoms with van der Waals surface area (Å²) in [5.41, 5.74) is 18.5. The molecule has 4 unspecified atom stereocenters. The van der Waals surface area contributed by atoms with Crippen LogP contribution in [-0.2, 0) is 20.8 Å². The van der Waals surface area contributed by atoms with Crippen molar-refractivity contribution in [2.24, 2.45) is 28.1 Å². The van der Waals surface area contributed by atoms with Crippen molar-refractivity contribution in [3.8, 4) is 0 Å². The summed E-state index contributed by atoms with van der Waals surface area (Å²) in [7, 11) is 0. The van der Waals surface area contributed by atoms with Crippen LogP contribution in [0.2, 0.25) is 0 Å². The van der Waals surface area contributed by atoms with Gasteiger partial charge in [-0.2, -0.15) is 0 Å². The first kappa shape index (κ1) is 26.7. The fourth-order valence-electron chi connectivity index (χ4n) is 3.61. The minimum atomic E-state index is -1.18. The number of fused-ring (bicyclic) bond motifs is 1. The number of nitrogens with two attached hydrogens (primary N) is 3. The van der Waals surface area contributed by atoms with Gasteiger partial charge < -0.3 is 37.9 Å². The molecule has 0 bridgehead atoms. The van der Waals surface area contributed by atoms with Gasteiger partial charge in [-0.3, -0.25) is 14.6 Å². The van der Waals surface area contributed by atoms with E-state index in [1.54, 1.807) is 0 Å². The van der Waals surface area contributed by atoms with Gasteiger partial charge >= 0.3 is 5.97 Å². The fraction of sp³-hybridized carbons (Fsp3) is 0.478. The van der Waals surface area contributed by atoms with Crippen molar-refractivity contribution in [1.82, 2.24) is 15.6 Å². The molecule has 0 aliphatic rings. The zero-order valence-electron chi connectivity index (χ0n) is 19.6. The van der Waals surface area contributed by atoms with Gasteiger partial charge in [0.05, 0.1) is 6.04 Å². The fourth-order valence-corrected chi connectivity index (χ4v) is 3.61. The molecule has 0 aliphatic carbocycles. The molecule has 34 heavy (non-hydrogen) atoms. The number of aliphatic carboxylic acids is 1. The Labute approximate surface area is 198 Å². The van der Waals surface area contributed by atoms with Gasteiger partial charge in [0.1, 0.15) is 12.1 Å². The minimum Gasteiger partial charge on any atom is -0.480 e. The summed E-state index contributed by atoms with van der Waals surface area (Å²) in [5, 5.41) is 15.7. The Morgan fingerprint density at radius 1 is 1.15 bits per heavy atom. The molecule has 2 amide bonds. The molecule has 1 aromatic carbocycles. The number of hydrogen-bond acceptors (Lipinski definition) is 5. The predicted molar refractivity (Wildman–Crippen MR) is 131 cm³/mol. The Kier molecular flexibility index (Phi) is 9.87. The zero-order valence-corrected chi connectivity index (χ0v) is 19.6. The Morgan fingerprint density at radius 3 is 2.50 bits per heavy atom. The van der Waals surface area contributed by atoms with Crippen LogP contribution in [0.5, 0.6) is 0 Å². The average molecular weight is 474 g/mol. The van der Waals surface area contributed by atoms with E-state index in [1.807, 2.05) is 44.3 Å². The van der Waals surface area contributed by atoms with E-state index in [0.29, 0.717) is 12.8 Å². The third kappa shape index (κ3) is 7.48. The topological polar surface area (TPSA) is 202 Å². The molecule has 0 aliphatic heterocycles. The van der Waals surface area contributed by atoms with Crippen molar-refractivity contribution in [2.75, 3.05) is 6.54 Å². The van der Waals surface area contributed by atoms with Crippen molar-refractivity contribution < 1.29 is 19.5 Å². The zero-order chi connectivity index (χ0) is 25.3. The molecule has 4 atom stereocenters. The van der Waals surface area contributed by atoms with Gasteiger partial charge in [-0.05, 0) is 36.8 Å². The number of aromatic nitrogens is 1. The minimum absolute atomic E-state index is 0.0839. The molecule has 11 nitrogen and oxygen atoms in total. The maximum Gasteiger partial charge on any atom is 0.326 e. The number of para-hydroxylation sites is 1. The maximum atomic E-state index is 12.9. The molecule has 186 valence electrons. The van der Waals surface area contributed by atoms with Crippen LogP contribution in [0.4, 0.5) is 0 Å². The Bertz CT molecular complexity index is 1020. The summed E-state index contributed by atoms with van der Waals surface area (Å²) < 4.78 is 0. The van der Waals surface area contributed by atoms with Gasteiger partial charge in [-0.25, -0.2) is 4.79 Å². The maximum absolute atomic E-state index is 12.9. The summed E-state index contributed by atoms with van der Waals surface area (Å²) in [6, 6.07) is 4.76. The van der Waals surface area contributed by atoms with Crippen LogP contribution in [-0.4, -0.2) is 58.5 Å². The lowest BCUT2D eigenvalue weighted by Crippen LogP contribution is -2.56. The van der Waals surface area contributed by atoms with Crippen LogP contribution in [0, 0.1) is 5.92 Å². The van der Waals surface area contributed by atoms with E-state index in [1.165, 1.54) is 0 Å². The van der Waals surface area contributed by atoms with Gasteiger partial charge in [0.2, 0.25) is 11.8 Å². The molecule has 2 rings (SSSR count). The molecule has 0 fully saturated rings. The van der Waals surface area contributed by atoms with E-state index in [9.17, 15) is 19.5 Å². The largest absolute Gasteiger partial charge is 0.480 e. The summed E-state index contributed by atoms with van der Waals surface area (Å²) in [6.07, 6.45) is 3.20. The number of carbonyl (C=O) groups excluding carboxylic acids is 2. The standard InChI is InChI=1S/C23H35N7O4/c1-3-13(2)19(21(32)29-18(22(33)34)9-6-10-27-23(25)26)30-20(31)16(24)11-14-12-28-17-8-5-4-7-15(14)17/h4-5,7-8,12-13,16,18-19,28H,3,6,9-11,24H2,1-2H3,(H,29,32)(H,30,31)(H,33,34)(H4,25,26,27). The number of H-pyrrole nitrogens is 1. The number of nitrogens with one attached hydrogen (secondary N) is 3. The Hall–Kier alpha value is -3.60. The van der Waals surface area contributed by atoms with E-state index in [2.05, 4.69) is 20.6 Å². The van der Waals surface area contributed by atoms with Crippen LogP contribution in [0.1, 0.15) is 38.7 Å². The first-order valence-corrected chi connectivity index (χ1v) is 11.3. The molecular weight excluding hydrogens is 438 g/mol. The summed E-state index contributed by atoms with van der Waals surface area (Å²) in [6.45, 7) is 3.94. The predicted octanol–water partition coefficient (Wildman–Crippen LogP) is 0.192. The molecule has 0 spiro atoms. The lowest BCUT2D eigenvalue weighted by molar-refractivity contribution is -0.142. The highest BCUT2D eigenvalue weighted by atomic mass is 16.4. The van der Waals surface area contributed by atoms with E-state index in [-0.39, 0.29) is 31.3 Å². The molecule has 1 heterocycles. The molecular formula is C23H35N7O4. The monoisotopic (exact) mass is 473 g/mol. The summed E-state index contributed by atoms with van der Waals surface area (Å²) in [4.78, 5) is 44.4. The highest BCUT2D eigenvalue weighted by Crippen LogP contribution is 2.19. The molecule has 11 heteroatoms. The number of aromatic amines is 1. The molecule has 1 aromatic heterocycles. The second-order valence-corrected chi connectivity index (χ2v) is 8.39. The highest BCUT2D eigenvalue weighted by Gasteiger charge is 2.31. The molecule has 0 saturated heterocycles. The highest BCUT2D eigenvalue weighted by molar-refractivity contribution is 5.92. The van der Waals surface area contributed by atoms with Gasteiger partial charge in [0.25, 0.3) is 0 Å². The number of benzene rings is 1. The number of nitrogens with zero attached hydrogens (tertiary/aromatic N) is 1. The average Bonchev–Trinajstić information content (AvgIpc) is 3.21. The second kappa shape index (κ2) is 12.6. The van der Waals surface area contributed by atoms with Crippen LogP contribution < -0.4 is 27.8 Å². The number of carboxylic acids is 1. The van der Waals surface area contributed by atoms with Crippen molar-refractivity contribution in [3.05, 3.63) is 36.0 Å². The number of aliphatic imine (C=N–C) groups is 1. The summed E-state index contributed by atoms with van der Waals surface area (Å²) >= 11 is 0. The van der Waals surface area contributed by atoms with Crippen molar-refractivity contribution in [2.45, 2.75) is 57.7 Å². The SMILES string of the molecule is CCC(C)C(NC(=O)C(N)Cc1c[nH]c2ccccc12)C(=O)NC(CCCN=C(N)N)C(=O)O. The normalized spacial score (nSPS) is 14.6. The lowest BCUT2D eigenvalue weighted by atomic mass is 9.96. The van der Waals surface area contributed by atoms with Gasteiger partial charge in [0, 0.05) is 23.6 Å². The number of rotatable bonds is 13. The third-order valence-corrected chi connectivity index (χ3v) is 5.80. The van der Waals surface area contributed by atoms with Crippen LogP contribution in [0.3, 0.4) is 0 Å². The molecule has 0 radical (unpaired) electrons. The third-order valence-electron chi connectivity index (χ3n) is 5.80. The molecule has 0 saturated carbocycles. The molecule has 10 N–H and O–H groups in total. The van der Waals surface area contributed by atoms with Crippen LogP contribution in [0.15, 0.2) is 35.5 Å². The molecule has 2 aromatic rings. The van der Waals surface area contributed by atoms with Gasteiger partial charge in [0.15, 0.2) is 5.96 Å². The van der Waals surface area contributed by atoms with E-state index in [0.717, 1.165) is 16.5 Å². The van der Waals surface area contributed by atoms with E-state index < -0.39 is 35.9 Å². The number of guanidine groups is 1. The van der Waals surface area contributed by atoms with Gasteiger partial charge in [-0.1, -0.05) is 38.5 Å². The Morgan fingerprint density at radius 2 is 1.85 bits per heavy atom. The van der Waals surface area contributed by atoms with Crippen molar-refractivity contribution in [3.63, 3.8) is 0 Å². The van der Waals surface area contributed by atoms with E-state index >= 15 is 0 Å². The smallest absolute Gasteiger partial charge is 0.326 e. The lowest BCUT2D eigenvalue weighted by Gasteiger charge is -2.26.